The molecule has 0 aromatic heterocycles. The van der Waals surface area contributed by atoms with Crippen molar-refractivity contribution in [3.05, 3.63) is 28.7 Å². The van der Waals surface area contributed by atoms with E-state index in [1.165, 1.54) is 0 Å². The maximum atomic E-state index is 12.2. The fourth-order valence-corrected chi connectivity index (χ4v) is 3.85. The quantitative estimate of drug-likeness (QED) is 0.906. The van der Waals surface area contributed by atoms with Crippen molar-refractivity contribution in [1.29, 1.82) is 0 Å². The summed E-state index contributed by atoms with van der Waals surface area (Å²) in [5.74, 6) is 0.102. The molecule has 1 N–H and O–H groups in total. The first-order valence-electron chi connectivity index (χ1n) is 5.49. The van der Waals surface area contributed by atoms with Gasteiger partial charge in [0.1, 0.15) is 5.88 Å². The van der Waals surface area contributed by atoms with Gasteiger partial charge in [0.2, 0.25) is 0 Å². The van der Waals surface area contributed by atoms with Crippen LogP contribution in [-0.2, 0) is 9.84 Å². The fraction of sp³-hybridized carbons (Fsp3) is 0.455. The molecule has 1 aliphatic heterocycles. The molecule has 0 spiro atoms. The van der Waals surface area contributed by atoms with Gasteiger partial charge in [0.05, 0.1) is 4.90 Å². The first kappa shape index (κ1) is 13.0. The predicted octanol–water partition coefficient (Wildman–Crippen LogP) is 1.09. The lowest BCUT2D eigenvalue weighted by Gasteiger charge is -2.26. The van der Waals surface area contributed by atoms with Crippen LogP contribution in [0, 0.1) is 0 Å². The van der Waals surface area contributed by atoms with Crippen LogP contribution in [0.5, 0.6) is 0 Å². The maximum absolute atomic E-state index is 12.2. The van der Waals surface area contributed by atoms with E-state index in [1.54, 1.807) is 18.2 Å². The number of nitrogens with one attached hydrogen (secondary N) is 1. The standard InChI is InChI=1S/C11H15BrN2O2S/c12-10-2-1-3-11(8-10)17(15,16)9-14-6-4-13-5-7-14/h1-3,8,13H,4-7,9H2. The highest BCUT2D eigenvalue weighted by atomic mass is 79.9. The zero-order valence-corrected chi connectivity index (χ0v) is 11.8. The monoisotopic (exact) mass is 318 g/mol. The predicted molar refractivity (Wildman–Crippen MR) is 70.6 cm³/mol. The van der Waals surface area contributed by atoms with Crippen LogP contribution >= 0.6 is 15.9 Å². The van der Waals surface area contributed by atoms with Gasteiger partial charge < -0.3 is 5.32 Å². The van der Waals surface area contributed by atoms with Gasteiger partial charge in [-0.25, -0.2) is 8.42 Å². The van der Waals surface area contributed by atoms with Crippen molar-refractivity contribution in [3.63, 3.8) is 0 Å². The summed E-state index contributed by atoms with van der Waals surface area (Å²) in [5.41, 5.74) is 0. The molecule has 1 aliphatic rings. The van der Waals surface area contributed by atoms with Gasteiger partial charge in [-0.3, -0.25) is 4.90 Å². The average molecular weight is 319 g/mol. The first-order valence-corrected chi connectivity index (χ1v) is 7.94. The van der Waals surface area contributed by atoms with Crippen LogP contribution < -0.4 is 5.32 Å². The van der Waals surface area contributed by atoms with Crippen LogP contribution in [0.25, 0.3) is 0 Å². The number of halogens is 1. The number of nitrogens with zero attached hydrogens (tertiary/aromatic N) is 1. The fourth-order valence-electron chi connectivity index (χ4n) is 1.82. The molecule has 1 aromatic carbocycles. The van der Waals surface area contributed by atoms with Gasteiger partial charge in [0.25, 0.3) is 0 Å². The lowest BCUT2D eigenvalue weighted by Crippen LogP contribution is -2.45. The number of rotatable bonds is 3. The summed E-state index contributed by atoms with van der Waals surface area (Å²) >= 11 is 3.29. The van der Waals surface area contributed by atoms with Crippen LogP contribution in [0.1, 0.15) is 0 Å². The first-order chi connectivity index (χ1) is 8.08. The van der Waals surface area contributed by atoms with Gasteiger partial charge in [-0.1, -0.05) is 22.0 Å². The van der Waals surface area contributed by atoms with Crippen LogP contribution in [-0.4, -0.2) is 45.4 Å². The van der Waals surface area contributed by atoms with Crippen LogP contribution in [0.15, 0.2) is 33.6 Å². The van der Waals surface area contributed by atoms with E-state index >= 15 is 0 Å². The van der Waals surface area contributed by atoms with E-state index in [9.17, 15) is 8.42 Å². The minimum absolute atomic E-state index is 0.102. The smallest absolute Gasteiger partial charge is 0.191 e. The third kappa shape index (κ3) is 3.51. The van der Waals surface area contributed by atoms with E-state index in [4.69, 9.17) is 0 Å². The second-order valence-electron chi connectivity index (χ2n) is 4.07. The zero-order valence-electron chi connectivity index (χ0n) is 9.39. The lowest BCUT2D eigenvalue weighted by molar-refractivity contribution is 0.274. The summed E-state index contributed by atoms with van der Waals surface area (Å²) in [4.78, 5) is 2.35. The molecule has 0 unspecified atom stereocenters. The molecule has 1 saturated heterocycles. The Hall–Kier alpha value is -0.430. The number of piperazine rings is 1. The van der Waals surface area contributed by atoms with E-state index in [0.29, 0.717) is 4.90 Å². The second kappa shape index (κ2) is 5.48. The second-order valence-corrected chi connectivity index (χ2v) is 6.94. The van der Waals surface area contributed by atoms with Crippen molar-refractivity contribution in [3.8, 4) is 0 Å². The topological polar surface area (TPSA) is 49.4 Å². The Labute approximate surface area is 110 Å². The minimum Gasteiger partial charge on any atom is -0.314 e. The van der Waals surface area contributed by atoms with Crippen molar-refractivity contribution in [1.82, 2.24) is 10.2 Å². The molecular formula is C11H15BrN2O2S. The maximum Gasteiger partial charge on any atom is 0.191 e. The Morgan fingerprint density at radius 3 is 2.65 bits per heavy atom. The Bertz CT molecular complexity index is 484. The highest BCUT2D eigenvalue weighted by Gasteiger charge is 2.20. The molecule has 1 aromatic rings. The van der Waals surface area contributed by atoms with Crippen molar-refractivity contribution < 1.29 is 8.42 Å². The largest absolute Gasteiger partial charge is 0.314 e. The molecule has 17 heavy (non-hydrogen) atoms. The Kier molecular flexibility index (Phi) is 4.19. The normalized spacial score (nSPS) is 18.2. The molecular weight excluding hydrogens is 304 g/mol. The number of hydrogen-bond acceptors (Lipinski definition) is 4. The molecule has 4 nitrogen and oxygen atoms in total. The third-order valence-corrected chi connectivity index (χ3v) is 4.89. The molecule has 0 atom stereocenters. The van der Waals surface area contributed by atoms with Gasteiger partial charge in [-0.15, -0.1) is 0 Å². The van der Waals surface area contributed by atoms with E-state index in [2.05, 4.69) is 21.2 Å². The van der Waals surface area contributed by atoms with Crippen LogP contribution in [0.4, 0.5) is 0 Å². The van der Waals surface area contributed by atoms with Gasteiger partial charge >= 0.3 is 0 Å². The van der Waals surface area contributed by atoms with Crippen molar-refractivity contribution >= 4 is 25.8 Å². The molecule has 0 bridgehead atoms. The summed E-state index contributed by atoms with van der Waals surface area (Å²) in [6.07, 6.45) is 0. The van der Waals surface area contributed by atoms with Gasteiger partial charge in [0, 0.05) is 30.7 Å². The summed E-state index contributed by atoms with van der Waals surface area (Å²) in [7, 11) is -3.21. The molecule has 94 valence electrons. The molecule has 2 rings (SSSR count). The van der Waals surface area contributed by atoms with Crippen molar-refractivity contribution in [2.45, 2.75) is 4.90 Å². The number of hydrogen-bond donors (Lipinski definition) is 1. The van der Waals surface area contributed by atoms with Crippen molar-refractivity contribution in [2.24, 2.45) is 0 Å². The SMILES string of the molecule is O=S(=O)(CN1CCNCC1)c1cccc(Br)c1. The molecule has 0 amide bonds. The highest BCUT2D eigenvalue weighted by molar-refractivity contribution is 9.10. The lowest BCUT2D eigenvalue weighted by atomic mass is 10.4. The van der Waals surface area contributed by atoms with Gasteiger partial charge in [0.15, 0.2) is 9.84 Å². The molecule has 1 fully saturated rings. The van der Waals surface area contributed by atoms with Crippen LogP contribution in [0.2, 0.25) is 0 Å². The van der Waals surface area contributed by atoms with Crippen LogP contribution in [0.3, 0.4) is 0 Å². The summed E-state index contributed by atoms with van der Waals surface area (Å²) in [6, 6.07) is 6.86. The van der Waals surface area contributed by atoms with E-state index in [-0.39, 0.29) is 5.88 Å². The Morgan fingerprint density at radius 1 is 1.29 bits per heavy atom. The van der Waals surface area contributed by atoms with E-state index in [0.717, 1.165) is 30.7 Å². The number of benzene rings is 1. The summed E-state index contributed by atoms with van der Waals surface area (Å²) in [6.45, 7) is 3.28. The van der Waals surface area contributed by atoms with E-state index in [1.807, 2.05) is 11.0 Å². The summed E-state index contributed by atoms with van der Waals surface area (Å²) in [5, 5.41) is 3.21. The Morgan fingerprint density at radius 2 is 2.00 bits per heavy atom. The summed E-state index contributed by atoms with van der Waals surface area (Å²) < 4.78 is 25.1. The van der Waals surface area contributed by atoms with E-state index < -0.39 is 9.84 Å². The van der Waals surface area contributed by atoms with Gasteiger partial charge in [-0.05, 0) is 18.2 Å². The number of sulfone groups is 1. The molecule has 0 saturated carbocycles. The molecule has 6 heteroatoms. The zero-order chi connectivity index (χ0) is 12.3. The average Bonchev–Trinajstić information content (AvgIpc) is 2.30. The molecule has 1 heterocycles. The minimum atomic E-state index is -3.21. The highest BCUT2D eigenvalue weighted by Crippen LogP contribution is 2.18. The van der Waals surface area contributed by atoms with Crippen molar-refractivity contribution in [2.75, 3.05) is 32.1 Å². The molecule has 0 radical (unpaired) electrons. The van der Waals surface area contributed by atoms with Gasteiger partial charge in [-0.2, -0.15) is 0 Å². The Balaban J connectivity index is 2.13. The third-order valence-electron chi connectivity index (χ3n) is 2.72. The molecule has 0 aliphatic carbocycles.